The summed E-state index contributed by atoms with van der Waals surface area (Å²) in [6, 6.07) is 0. The van der Waals surface area contributed by atoms with Gasteiger partial charge in [0.05, 0.1) is 6.10 Å². The molecule has 0 amide bonds. The first-order valence-corrected chi connectivity index (χ1v) is 6.00. The maximum absolute atomic E-state index is 10.4. The second-order valence-electron chi connectivity index (χ2n) is 4.24. The Kier molecular flexibility index (Phi) is 4.50. The summed E-state index contributed by atoms with van der Waals surface area (Å²) in [5.41, 5.74) is 0. The third-order valence-corrected chi connectivity index (χ3v) is 3.36. The van der Waals surface area contributed by atoms with E-state index in [9.17, 15) is 9.32 Å². The molecule has 14 heavy (non-hydrogen) atoms. The van der Waals surface area contributed by atoms with Gasteiger partial charge in [0.15, 0.2) is 0 Å². The predicted octanol–water partition coefficient (Wildman–Crippen LogP) is 1.33. The molecule has 4 atom stereocenters. The van der Waals surface area contributed by atoms with Crippen molar-refractivity contribution in [3.8, 4) is 0 Å². The van der Waals surface area contributed by atoms with Crippen LogP contribution in [-0.4, -0.2) is 26.1 Å². The monoisotopic (exact) mass is 222 g/mol. The molecule has 0 radical (unpaired) electrons. The van der Waals surface area contributed by atoms with Gasteiger partial charge in [0.1, 0.15) is 6.10 Å². The Bertz CT molecular complexity index is 207. The van der Waals surface area contributed by atoms with Crippen molar-refractivity contribution in [1.29, 1.82) is 0 Å². The highest BCUT2D eigenvalue weighted by Crippen LogP contribution is 2.31. The molecule has 4 nitrogen and oxygen atoms in total. The Labute approximate surface area is 87.1 Å². The van der Waals surface area contributed by atoms with Crippen LogP contribution in [0.4, 0.5) is 0 Å². The molecule has 4 unspecified atom stereocenters. The van der Waals surface area contributed by atoms with E-state index in [2.05, 4.69) is 13.8 Å². The second kappa shape index (κ2) is 5.21. The van der Waals surface area contributed by atoms with Crippen LogP contribution in [0.2, 0.25) is 0 Å². The van der Waals surface area contributed by atoms with E-state index in [4.69, 9.17) is 8.74 Å². The van der Waals surface area contributed by atoms with Crippen molar-refractivity contribution >= 4 is 11.4 Å². The fraction of sp³-hybridized carbons (Fsp3) is 1.00. The third-order valence-electron chi connectivity index (χ3n) is 2.94. The molecule has 0 saturated heterocycles. The van der Waals surface area contributed by atoms with E-state index in [1.54, 1.807) is 0 Å². The van der Waals surface area contributed by atoms with Crippen LogP contribution in [0.1, 0.15) is 33.1 Å². The summed E-state index contributed by atoms with van der Waals surface area (Å²) in [5, 5.41) is 9.67. The van der Waals surface area contributed by atoms with Crippen molar-refractivity contribution < 1.29 is 18.1 Å². The second-order valence-corrected chi connectivity index (χ2v) is 4.86. The number of hydrogen-bond donors (Lipinski definition) is 2. The number of aliphatic hydroxyl groups is 1. The van der Waals surface area contributed by atoms with Crippen LogP contribution < -0.4 is 0 Å². The lowest BCUT2D eigenvalue weighted by molar-refractivity contribution is -0.0160. The molecule has 1 aliphatic carbocycles. The van der Waals surface area contributed by atoms with Crippen LogP contribution in [0.3, 0.4) is 0 Å². The minimum atomic E-state index is -2.27. The molecule has 1 aliphatic rings. The maximum Gasteiger partial charge on any atom is 0.302 e. The van der Waals surface area contributed by atoms with Gasteiger partial charge in [0.25, 0.3) is 0 Å². The number of hydrogen-bond acceptors (Lipinski definition) is 3. The van der Waals surface area contributed by atoms with Crippen LogP contribution in [0.5, 0.6) is 0 Å². The SMILES string of the molecule is CC(C)C1CCC(OS(=O)O)C(O)C1. The van der Waals surface area contributed by atoms with E-state index < -0.39 is 23.6 Å². The molecule has 0 aromatic rings. The van der Waals surface area contributed by atoms with Crippen molar-refractivity contribution in [2.75, 3.05) is 0 Å². The predicted molar refractivity (Wildman–Crippen MR) is 53.8 cm³/mol. The average molecular weight is 222 g/mol. The lowest BCUT2D eigenvalue weighted by atomic mass is 9.79. The first-order valence-electron chi connectivity index (χ1n) is 4.96. The van der Waals surface area contributed by atoms with Crippen molar-refractivity contribution in [2.45, 2.75) is 45.3 Å². The van der Waals surface area contributed by atoms with Crippen molar-refractivity contribution in [2.24, 2.45) is 11.8 Å². The molecule has 0 aromatic carbocycles. The molecule has 1 rings (SSSR count). The van der Waals surface area contributed by atoms with E-state index in [0.717, 1.165) is 6.42 Å². The minimum absolute atomic E-state index is 0.476. The molecule has 2 N–H and O–H groups in total. The molecule has 0 bridgehead atoms. The zero-order chi connectivity index (χ0) is 10.7. The van der Waals surface area contributed by atoms with Gasteiger partial charge in [-0.3, -0.25) is 8.74 Å². The summed E-state index contributed by atoms with van der Waals surface area (Å²) in [6.45, 7) is 4.26. The zero-order valence-corrected chi connectivity index (χ0v) is 9.37. The average Bonchev–Trinajstić information content (AvgIpc) is 2.07. The highest BCUT2D eigenvalue weighted by molar-refractivity contribution is 7.74. The summed E-state index contributed by atoms with van der Waals surface area (Å²) in [4.78, 5) is 0. The highest BCUT2D eigenvalue weighted by Gasteiger charge is 2.32. The van der Waals surface area contributed by atoms with Crippen LogP contribution in [0.25, 0.3) is 0 Å². The lowest BCUT2D eigenvalue weighted by Crippen LogP contribution is -2.37. The normalized spacial score (nSPS) is 35.9. The Morgan fingerprint density at radius 1 is 1.43 bits per heavy atom. The summed E-state index contributed by atoms with van der Waals surface area (Å²) >= 11 is -2.27. The summed E-state index contributed by atoms with van der Waals surface area (Å²) < 4.78 is 23.7. The van der Waals surface area contributed by atoms with E-state index in [1.807, 2.05) is 0 Å². The van der Waals surface area contributed by atoms with E-state index >= 15 is 0 Å². The van der Waals surface area contributed by atoms with Crippen LogP contribution in [0, 0.1) is 11.8 Å². The molecule has 1 saturated carbocycles. The van der Waals surface area contributed by atoms with Gasteiger partial charge in [0, 0.05) is 0 Å². The molecular weight excluding hydrogens is 204 g/mol. The quantitative estimate of drug-likeness (QED) is 0.707. The first kappa shape index (κ1) is 12.1. The number of rotatable bonds is 3. The van der Waals surface area contributed by atoms with Crippen LogP contribution in [-0.2, 0) is 15.5 Å². The largest absolute Gasteiger partial charge is 0.390 e. The molecule has 5 heteroatoms. The van der Waals surface area contributed by atoms with Gasteiger partial charge in [-0.1, -0.05) is 13.8 Å². The Morgan fingerprint density at radius 2 is 2.07 bits per heavy atom. The van der Waals surface area contributed by atoms with E-state index in [1.165, 1.54) is 0 Å². The number of aliphatic hydroxyl groups excluding tert-OH is 1. The zero-order valence-electron chi connectivity index (χ0n) is 8.55. The Balaban J connectivity index is 2.43. The Hall–Kier alpha value is 0.0300. The first-order chi connectivity index (χ1) is 6.50. The van der Waals surface area contributed by atoms with E-state index in [-0.39, 0.29) is 0 Å². The molecule has 0 heterocycles. The maximum atomic E-state index is 10.4. The van der Waals surface area contributed by atoms with Gasteiger partial charge >= 0.3 is 11.4 Å². The highest BCUT2D eigenvalue weighted by atomic mass is 32.2. The molecule has 0 spiro atoms. The van der Waals surface area contributed by atoms with Gasteiger partial charge in [-0.15, -0.1) is 0 Å². The minimum Gasteiger partial charge on any atom is -0.390 e. The standard InChI is InChI=1S/C9H18O4S/c1-6(2)7-3-4-9(8(10)5-7)13-14(11)12/h6-10H,3-5H2,1-2H3,(H,11,12). The topological polar surface area (TPSA) is 66.8 Å². The van der Waals surface area contributed by atoms with Crippen molar-refractivity contribution in [1.82, 2.24) is 0 Å². The third kappa shape index (κ3) is 3.31. The summed E-state index contributed by atoms with van der Waals surface area (Å²) in [5.74, 6) is 1.04. The molecule has 0 aliphatic heterocycles. The van der Waals surface area contributed by atoms with Gasteiger partial charge in [-0.05, 0) is 31.1 Å². The Morgan fingerprint density at radius 3 is 2.50 bits per heavy atom. The van der Waals surface area contributed by atoms with Crippen molar-refractivity contribution in [3.05, 3.63) is 0 Å². The van der Waals surface area contributed by atoms with Gasteiger partial charge in [0.2, 0.25) is 0 Å². The summed E-state index contributed by atoms with van der Waals surface area (Å²) in [6.07, 6.45) is 1.20. The van der Waals surface area contributed by atoms with Gasteiger partial charge in [-0.25, -0.2) is 0 Å². The molecule has 1 fully saturated rings. The summed E-state index contributed by atoms with van der Waals surface area (Å²) in [7, 11) is 0. The molecular formula is C9H18O4S. The van der Waals surface area contributed by atoms with Crippen LogP contribution in [0.15, 0.2) is 0 Å². The molecule has 84 valence electrons. The van der Waals surface area contributed by atoms with E-state index in [0.29, 0.717) is 24.7 Å². The lowest BCUT2D eigenvalue weighted by Gasteiger charge is -2.33. The fourth-order valence-electron chi connectivity index (χ4n) is 1.97. The fourth-order valence-corrected chi connectivity index (χ4v) is 2.41. The van der Waals surface area contributed by atoms with Gasteiger partial charge < -0.3 is 5.11 Å². The molecule has 0 aromatic heterocycles. The smallest absolute Gasteiger partial charge is 0.302 e. The van der Waals surface area contributed by atoms with Gasteiger partial charge in [-0.2, -0.15) is 4.21 Å². The van der Waals surface area contributed by atoms with Crippen LogP contribution >= 0.6 is 0 Å². The van der Waals surface area contributed by atoms with Crippen molar-refractivity contribution in [3.63, 3.8) is 0 Å².